The van der Waals surface area contributed by atoms with Crippen LogP contribution in [0.2, 0.25) is 0 Å². The van der Waals surface area contributed by atoms with Crippen LogP contribution in [0.4, 0.5) is 9.18 Å². The van der Waals surface area contributed by atoms with E-state index >= 15 is 0 Å². The molecule has 1 saturated carbocycles. The van der Waals surface area contributed by atoms with Crippen molar-refractivity contribution in [2.24, 2.45) is 0 Å². The van der Waals surface area contributed by atoms with Crippen LogP contribution in [0.5, 0.6) is 0 Å². The molecule has 2 aliphatic rings. The van der Waals surface area contributed by atoms with E-state index in [0.717, 1.165) is 22.9 Å². The second kappa shape index (κ2) is 8.59. The van der Waals surface area contributed by atoms with Crippen LogP contribution in [0.1, 0.15) is 24.8 Å². The molecule has 0 spiro atoms. The summed E-state index contributed by atoms with van der Waals surface area (Å²) in [5, 5.41) is 0. The number of alkyl halides is 1. The van der Waals surface area contributed by atoms with Crippen LogP contribution in [0.3, 0.4) is 0 Å². The summed E-state index contributed by atoms with van der Waals surface area (Å²) in [5.74, 6) is 0. The highest BCUT2D eigenvalue weighted by Gasteiger charge is 2.46. The Morgan fingerprint density at radius 3 is 2.55 bits per heavy atom. The number of likely N-dealkylation sites (tertiary alicyclic amines) is 1. The molecule has 1 amide bonds. The summed E-state index contributed by atoms with van der Waals surface area (Å²) in [5.41, 5.74) is 1.72. The summed E-state index contributed by atoms with van der Waals surface area (Å²) in [4.78, 5) is 14.2. The average molecular weight is 447 g/mol. The molecule has 0 radical (unpaired) electrons. The van der Waals surface area contributed by atoms with Crippen molar-refractivity contribution in [2.45, 2.75) is 43.4 Å². The summed E-state index contributed by atoms with van der Waals surface area (Å²) < 4.78 is 45.5. The standard InChI is InChI=1S/C23H27FN2O4S/c1-31(28,29)25-20-10-13-26(22(27)30-16-23(24)11-12-23)21(20)15-17-6-5-9-19(14-17)18-7-3-2-4-8-18/h2-9,14,20-21,25H,10-13,15-16H2,1H3/t20-,21-/m1/s1. The lowest BCUT2D eigenvalue weighted by molar-refractivity contribution is 0.0668. The van der Waals surface area contributed by atoms with E-state index in [0.29, 0.717) is 32.2 Å². The minimum absolute atomic E-state index is 0.247. The zero-order chi connectivity index (χ0) is 22.1. The highest BCUT2D eigenvalue weighted by atomic mass is 32.2. The topological polar surface area (TPSA) is 75.7 Å². The molecule has 1 aliphatic carbocycles. The Hall–Kier alpha value is -2.45. The molecule has 0 bridgehead atoms. The van der Waals surface area contributed by atoms with Gasteiger partial charge in [0.05, 0.1) is 12.3 Å². The second-order valence-corrected chi connectivity index (χ2v) is 10.3. The van der Waals surface area contributed by atoms with Crippen molar-refractivity contribution in [3.63, 3.8) is 0 Å². The number of sulfonamides is 1. The number of carbonyl (C=O) groups is 1. The first-order valence-corrected chi connectivity index (χ1v) is 12.4. The lowest BCUT2D eigenvalue weighted by Gasteiger charge is -2.28. The van der Waals surface area contributed by atoms with Crippen molar-refractivity contribution >= 4 is 16.1 Å². The van der Waals surface area contributed by atoms with E-state index in [4.69, 9.17) is 4.74 Å². The van der Waals surface area contributed by atoms with Gasteiger partial charge in [-0.05, 0) is 42.4 Å². The van der Waals surface area contributed by atoms with Crippen molar-refractivity contribution in [1.29, 1.82) is 0 Å². The molecular formula is C23H27FN2O4S. The Morgan fingerprint density at radius 2 is 1.87 bits per heavy atom. The summed E-state index contributed by atoms with van der Waals surface area (Å²) in [6.45, 7) is 0.108. The molecule has 1 saturated heterocycles. The predicted molar refractivity (Wildman–Crippen MR) is 117 cm³/mol. The number of nitrogens with zero attached hydrogens (tertiary/aromatic N) is 1. The van der Waals surface area contributed by atoms with Crippen molar-refractivity contribution < 1.29 is 22.3 Å². The third-order valence-electron chi connectivity index (χ3n) is 5.87. The van der Waals surface area contributed by atoms with Gasteiger partial charge in [0.1, 0.15) is 12.3 Å². The molecule has 6 nitrogen and oxygen atoms in total. The van der Waals surface area contributed by atoms with Crippen LogP contribution in [-0.4, -0.2) is 56.6 Å². The zero-order valence-corrected chi connectivity index (χ0v) is 18.3. The van der Waals surface area contributed by atoms with Crippen molar-refractivity contribution in [3.8, 4) is 11.1 Å². The summed E-state index contributed by atoms with van der Waals surface area (Å²) in [6.07, 6.45) is 2.28. The number of amides is 1. The smallest absolute Gasteiger partial charge is 0.410 e. The van der Waals surface area contributed by atoms with Gasteiger partial charge in [-0.15, -0.1) is 0 Å². The number of carbonyl (C=O) groups excluding carboxylic acids is 1. The zero-order valence-electron chi connectivity index (χ0n) is 17.5. The Morgan fingerprint density at radius 1 is 1.16 bits per heavy atom. The van der Waals surface area contributed by atoms with Crippen LogP contribution in [0, 0.1) is 0 Å². The Balaban J connectivity index is 1.54. The molecule has 1 aliphatic heterocycles. The molecule has 8 heteroatoms. The first-order chi connectivity index (χ1) is 14.7. The van der Waals surface area contributed by atoms with Gasteiger partial charge in [-0.2, -0.15) is 0 Å². The maximum atomic E-state index is 13.9. The van der Waals surface area contributed by atoms with Crippen LogP contribution >= 0.6 is 0 Å². The highest BCUT2D eigenvalue weighted by Crippen LogP contribution is 2.40. The molecule has 2 aromatic rings. The Bertz CT molecular complexity index is 1040. The number of hydrogen-bond donors (Lipinski definition) is 1. The molecule has 0 unspecified atom stereocenters. The number of ether oxygens (including phenoxy) is 1. The van der Waals surface area contributed by atoms with Crippen LogP contribution in [-0.2, 0) is 21.2 Å². The summed E-state index contributed by atoms with van der Waals surface area (Å²) in [6, 6.07) is 17.1. The van der Waals surface area contributed by atoms with Crippen molar-refractivity contribution in [1.82, 2.24) is 9.62 Å². The lowest BCUT2D eigenvalue weighted by atomic mass is 9.97. The monoisotopic (exact) mass is 446 g/mol. The quantitative estimate of drug-likeness (QED) is 0.706. The van der Waals surface area contributed by atoms with E-state index in [1.54, 1.807) is 0 Å². The van der Waals surface area contributed by atoms with E-state index in [1.807, 2.05) is 48.5 Å². The lowest BCUT2D eigenvalue weighted by Crippen LogP contribution is -2.48. The van der Waals surface area contributed by atoms with Gasteiger partial charge in [0.15, 0.2) is 0 Å². The first kappa shape index (κ1) is 21.8. The van der Waals surface area contributed by atoms with Gasteiger partial charge in [-0.25, -0.2) is 22.3 Å². The number of rotatable bonds is 7. The van der Waals surface area contributed by atoms with E-state index in [9.17, 15) is 17.6 Å². The van der Waals surface area contributed by atoms with Gasteiger partial charge >= 0.3 is 6.09 Å². The normalized spacial score (nSPS) is 22.3. The third kappa shape index (κ3) is 5.62. The van der Waals surface area contributed by atoms with Gasteiger partial charge in [0.2, 0.25) is 10.0 Å². The molecule has 1 N–H and O–H groups in total. The average Bonchev–Trinajstić information content (AvgIpc) is 3.36. The number of hydrogen-bond acceptors (Lipinski definition) is 4. The van der Waals surface area contributed by atoms with E-state index in [2.05, 4.69) is 10.8 Å². The molecule has 0 aromatic heterocycles. The first-order valence-electron chi connectivity index (χ1n) is 10.5. The molecule has 31 heavy (non-hydrogen) atoms. The largest absolute Gasteiger partial charge is 0.446 e. The van der Waals surface area contributed by atoms with Gasteiger partial charge in [-0.1, -0.05) is 54.6 Å². The summed E-state index contributed by atoms with van der Waals surface area (Å²) in [7, 11) is -3.45. The minimum Gasteiger partial charge on any atom is -0.446 e. The Kier molecular flexibility index (Phi) is 6.03. The maximum absolute atomic E-state index is 13.9. The molecule has 1 heterocycles. The van der Waals surface area contributed by atoms with Gasteiger partial charge in [0, 0.05) is 12.6 Å². The summed E-state index contributed by atoms with van der Waals surface area (Å²) >= 11 is 0. The van der Waals surface area contributed by atoms with Crippen molar-refractivity contribution in [2.75, 3.05) is 19.4 Å². The fourth-order valence-electron chi connectivity index (χ4n) is 4.05. The fraction of sp³-hybridized carbons (Fsp3) is 0.435. The molecule has 2 atom stereocenters. The van der Waals surface area contributed by atoms with Crippen LogP contribution in [0.15, 0.2) is 54.6 Å². The Labute approximate surface area is 182 Å². The molecule has 4 rings (SSSR count). The SMILES string of the molecule is CS(=O)(=O)N[C@@H]1CCN(C(=O)OCC2(F)CC2)[C@@H]1Cc1cccc(-c2ccccc2)c1. The fourth-order valence-corrected chi connectivity index (χ4v) is 4.87. The molecule has 166 valence electrons. The van der Waals surface area contributed by atoms with Gasteiger partial charge < -0.3 is 9.64 Å². The van der Waals surface area contributed by atoms with E-state index < -0.39 is 33.9 Å². The van der Waals surface area contributed by atoms with Crippen molar-refractivity contribution in [3.05, 3.63) is 60.2 Å². The van der Waals surface area contributed by atoms with Gasteiger partial charge in [-0.3, -0.25) is 0 Å². The van der Waals surface area contributed by atoms with Crippen LogP contribution < -0.4 is 4.72 Å². The highest BCUT2D eigenvalue weighted by molar-refractivity contribution is 7.88. The number of halogens is 1. The predicted octanol–water partition coefficient (Wildman–Crippen LogP) is 3.53. The maximum Gasteiger partial charge on any atom is 0.410 e. The number of nitrogens with one attached hydrogen (secondary N) is 1. The van der Waals surface area contributed by atoms with E-state index in [1.165, 1.54) is 4.90 Å². The van der Waals surface area contributed by atoms with Gasteiger partial charge in [0.25, 0.3) is 0 Å². The molecule has 2 aromatic carbocycles. The number of benzene rings is 2. The van der Waals surface area contributed by atoms with E-state index in [-0.39, 0.29) is 6.61 Å². The minimum atomic E-state index is -3.45. The molecular weight excluding hydrogens is 419 g/mol. The van der Waals surface area contributed by atoms with Crippen LogP contribution in [0.25, 0.3) is 11.1 Å². The second-order valence-electron chi connectivity index (χ2n) is 8.52. The molecule has 2 fully saturated rings. The third-order valence-corrected chi connectivity index (χ3v) is 6.60.